The first kappa shape index (κ1) is 13.2. The van der Waals surface area contributed by atoms with Crippen LogP contribution >= 0.6 is 23.4 Å². The van der Waals surface area contributed by atoms with Crippen molar-refractivity contribution in [1.82, 2.24) is 9.78 Å². The minimum Gasteiger partial charge on any atom is -0.382 e. The van der Waals surface area contributed by atoms with Gasteiger partial charge in [-0.25, -0.2) is 0 Å². The molecule has 2 rings (SSSR count). The van der Waals surface area contributed by atoms with Crippen LogP contribution in [0.15, 0.2) is 6.20 Å². The lowest BCUT2D eigenvalue weighted by atomic mass is 9.90. The molecule has 1 saturated heterocycles. The van der Waals surface area contributed by atoms with Gasteiger partial charge in [0, 0.05) is 11.3 Å². The normalized spacial score (nSPS) is 29.9. The van der Waals surface area contributed by atoms with Crippen molar-refractivity contribution < 1.29 is 5.11 Å². The molecular weight excluding hydrogens is 256 g/mol. The van der Waals surface area contributed by atoms with Gasteiger partial charge in [-0.3, -0.25) is 4.68 Å². The van der Waals surface area contributed by atoms with Gasteiger partial charge in [-0.2, -0.15) is 16.9 Å². The number of nitrogens with zero attached hydrogens (tertiary/aromatic N) is 2. The SMILES string of the molecule is CC(C)n1ncc(Cl)c1C1(O)CCCSC1C. The standard InChI is InChI=1S/C12H19ClN2OS/c1-8(2)15-11(10(13)7-14-15)12(16)5-4-6-17-9(12)3/h7-9,16H,4-6H2,1-3H3. The van der Waals surface area contributed by atoms with Gasteiger partial charge in [-0.15, -0.1) is 0 Å². The molecule has 0 aliphatic carbocycles. The molecule has 0 bridgehead atoms. The molecule has 0 amide bonds. The van der Waals surface area contributed by atoms with Gasteiger partial charge < -0.3 is 5.11 Å². The van der Waals surface area contributed by atoms with Crippen LogP contribution in [0.2, 0.25) is 5.02 Å². The van der Waals surface area contributed by atoms with Crippen LogP contribution in [0, 0.1) is 0 Å². The second-order valence-corrected chi connectivity index (χ2v) is 6.78. The van der Waals surface area contributed by atoms with Crippen LogP contribution in [0.1, 0.15) is 45.3 Å². The summed E-state index contributed by atoms with van der Waals surface area (Å²) in [5.41, 5.74) is -0.0605. The summed E-state index contributed by atoms with van der Waals surface area (Å²) < 4.78 is 1.85. The molecule has 0 radical (unpaired) electrons. The van der Waals surface area contributed by atoms with E-state index in [0.717, 1.165) is 24.3 Å². The quantitative estimate of drug-likeness (QED) is 0.900. The highest BCUT2D eigenvalue weighted by Crippen LogP contribution is 2.44. The van der Waals surface area contributed by atoms with E-state index in [9.17, 15) is 5.11 Å². The van der Waals surface area contributed by atoms with E-state index in [4.69, 9.17) is 11.6 Å². The molecule has 5 heteroatoms. The molecule has 2 unspecified atom stereocenters. The third kappa shape index (κ3) is 2.23. The Balaban J connectivity index is 2.47. The van der Waals surface area contributed by atoms with Gasteiger partial charge >= 0.3 is 0 Å². The molecule has 1 aromatic rings. The van der Waals surface area contributed by atoms with Gasteiger partial charge in [0.05, 0.1) is 16.9 Å². The van der Waals surface area contributed by atoms with Gasteiger partial charge in [0.1, 0.15) is 5.60 Å². The van der Waals surface area contributed by atoms with Crippen molar-refractivity contribution in [3.63, 3.8) is 0 Å². The van der Waals surface area contributed by atoms with Crippen molar-refractivity contribution in [2.75, 3.05) is 5.75 Å². The maximum absolute atomic E-state index is 10.9. The molecule has 1 fully saturated rings. The molecule has 2 atom stereocenters. The maximum Gasteiger partial charge on any atom is 0.119 e. The Bertz CT molecular complexity index is 407. The number of aliphatic hydroxyl groups is 1. The predicted molar refractivity (Wildman–Crippen MR) is 72.7 cm³/mol. The van der Waals surface area contributed by atoms with E-state index in [0.29, 0.717) is 5.02 Å². The van der Waals surface area contributed by atoms with Crippen LogP contribution in [0.4, 0.5) is 0 Å². The van der Waals surface area contributed by atoms with Gasteiger partial charge in [0.25, 0.3) is 0 Å². The van der Waals surface area contributed by atoms with Gasteiger partial charge in [-0.05, 0) is 32.4 Å². The first-order valence-corrected chi connectivity index (χ1v) is 7.47. The van der Waals surface area contributed by atoms with Gasteiger partial charge in [0.2, 0.25) is 0 Å². The smallest absolute Gasteiger partial charge is 0.119 e. The summed E-state index contributed by atoms with van der Waals surface area (Å²) >= 11 is 8.03. The topological polar surface area (TPSA) is 38.0 Å². The predicted octanol–water partition coefficient (Wildman–Crippen LogP) is 3.22. The number of thioether (sulfide) groups is 1. The van der Waals surface area contributed by atoms with Crippen LogP contribution in [-0.4, -0.2) is 25.9 Å². The van der Waals surface area contributed by atoms with Crippen LogP contribution in [0.25, 0.3) is 0 Å². The fourth-order valence-electron chi connectivity index (χ4n) is 2.39. The molecule has 17 heavy (non-hydrogen) atoms. The number of halogens is 1. The van der Waals surface area contributed by atoms with Crippen LogP contribution in [0.3, 0.4) is 0 Å². The highest BCUT2D eigenvalue weighted by Gasteiger charge is 2.42. The van der Waals surface area contributed by atoms with Crippen molar-refractivity contribution in [2.24, 2.45) is 0 Å². The molecule has 1 aromatic heterocycles. The number of hydrogen-bond donors (Lipinski definition) is 1. The zero-order valence-corrected chi connectivity index (χ0v) is 12.1. The lowest BCUT2D eigenvalue weighted by Gasteiger charge is -2.38. The average molecular weight is 275 g/mol. The number of aromatic nitrogens is 2. The van der Waals surface area contributed by atoms with Crippen molar-refractivity contribution in [1.29, 1.82) is 0 Å². The van der Waals surface area contributed by atoms with E-state index < -0.39 is 5.60 Å². The largest absolute Gasteiger partial charge is 0.382 e. The summed E-state index contributed by atoms with van der Waals surface area (Å²) in [6.07, 6.45) is 3.42. The molecule has 2 heterocycles. The van der Waals surface area contributed by atoms with E-state index in [1.165, 1.54) is 0 Å². The Kier molecular flexibility index (Phi) is 3.76. The lowest BCUT2D eigenvalue weighted by Crippen LogP contribution is -2.41. The van der Waals surface area contributed by atoms with Gasteiger partial charge in [0.15, 0.2) is 0 Å². The van der Waals surface area contributed by atoms with Gasteiger partial charge in [-0.1, -0.05) is 18.5 Å². The molecule has 1 aliphatic heterocycles. The van der Waals surface area contributed by atoms with E-state index in [2.05, 4.69) is 25.9 Å². The molecular formula is C12H19ClN2OS. The summed E-state index contributed by atoms with van der Waals surface area (Å²) in [4.78, 5) is 0. The first-order chi connectivity index (χ1) is 7.97. The second kappa shape index (κ2) is 4.82. The van der Waals surface area contributed by atoms with E-state index in [-0.39, 0.29) is 11.3 Å². The molecule has 1 aliphatic rings. The summed E-state index contributed by atoms with van der Waals surface area (Å²) in [6, 6.07) is 0.209. The van der Waals surface area contributed by atoms with Crippen molar-refractivity contribution >= 4 is 23.4 Å². The summed E-state index contributed by atoms with van der Waals surface area (Å²) in [5, 5.41) is 16.0. The monoisotopic (exact) mass is 274 g/mol. The molecule has 0 spiro atoms. The number of hydrogen-bond acceptors (Lipinski definition) is 3. The molecule has 0 saturated carbocycles. The molecule has 1 N–H and O–H groups in total. The van der Waals surface area contributed by atoms with E-state index >= 15 is 0 Å². The third-order valence-electron chi connectivity index (χ3n) is 3.39. The lowest BCUT2D eigenvalue weighted by molar-refractivity contribution is 0.0156. The molecule has 3 nitrogen and oxygen atoms in total. The Morgan fingerprint density at radius 1 is 1.65 bits per heavy atom. The van der Waals surface area contributed by atoms with Crippen LogP contribution < -0.4 is 0 Å². The minimum atomic E-state index is -0.846. The van der Waals surface area contributed by atoms with Crippen molar-refractivity contribution in [3.8, 4) is 0 Å². The fraction of sp³-hybridized carbons (Fsp3) is 0.750. The fourth-order valence-corrected chi connectivity index (χ4v) is 3.86. The highest BCUT2D eigenvalue weighted by molar-refractivity contribution is 8.00. The summed E-state index contributed by atoms with van der Waals surface area (Å²) in [5.74, 6) is 1.11. The van der Waals surface area contributed by atoms with Crippen LogP contribution in [0.5, 0.6) is 0 Å². The maximum atomic E-state index is 10.9. The Labute approximate surface area is 112 Å². The zero-order valence-electron chi connectivity index (χ0n) is 10.5. The average Bonchev–Trinajstić information content (AvgIpc) is 2.65. The number of rotatable bonds is 2. The Morgan fingerprint density at radius 3 is 2.94 bits per heavy atom. The first-order valence-electron chi connectivity index (χ1n) is 6.04. The Morgan fingerprint density at radius 2 is 2.35 bits per heavy atom. The Hall–Kier alpha value is -0.190. The van der Waals surface area contributed by atoms with E-state index in [1.807, 2.05) is 4.68 Å². The second-order valence-electron chi connectivity index (χ2n) is 4.92. The van der Waals surface area contributed by atoms with E-state index in [1.54, 1.807) is 18.0 Å². The minimum absolute atomic E-state index is 0.156. The summed E-state index contributed by atoms with van der Waals surface area (Å²) in [6.45, 7) is 6.17. The molecule has 0 aromatic carbocycles. The van der Waals surface area contributed by atoms with Crippen molar-refractivity contribution in [3.05, 3.63) is 16.9 Å². The van der Waals surface area contributed by atoms with Crippen LogP contribution in [-0.2, 0) is 5.60 Å². The zero-order chi connectivity index (χ0) is 12.6. The van der Waals surface area contributed by atoms with Crippen molar-refractivity contribution in [2.45, 2.75) is 50.5 Å². The third-order valence-corrected chi connectivity index (χ3v) is 5.08. The summed E-state index contributed by atoms with van der Waals surface area (Å²) in [7, 11) is 0. The highest BCUT2D eigenvalue weighted by atomic mass is 35.5. The molecule has 96 valence electrons.